The van der Waals surface area contributed by atoms with Gasteiger partial charge in [0, 0.05) is 31.6 Å². The first-order chi connectivity index (χ1) is 11.7. The number of hydrogen-bond acceptors (Lipinski definition) is 6. The number of carbonyl (C=O) groups is 1. The van der Waals surface area contributed by atoms with Crippen molar-refractivity contribution in [3.8, 4) is 0 Å². The summed E-state index contributed by atoms with van der Waals surface area (Å²) >= 11 is 3.33. The molecule has 2 saturated heterocycles. The Bertz CT molecular complexity index is 701. The number of thiophene rings is 1. The van der Waals surface area contributed by atoms with Gasteiger partial charge in [0.1, 0.15) is 0 Å². The minimum absolute atomic E-state index is 0.130. The number of hydrogen-bond donors (Lipinski definition) is 0. The average molecular weight is 364 g/mol. The fraction of sp³-hybridized carbons (Fsp3) is 0.529. The van der Waals surface area contributed by atoms with E-state index in [1.54, 1.807) is 22.7 Å². The van der Waals surface area contributed by atoms with Gasteiger partial charge in [0.2, 0.25) is 5.91 Å². The van der Waals surface area contributed by atoms with Crippen LogP contribution < -0.4 is 0 Å². The zero-order chi connectivity index (χ0) is 16.5. The van der Waals surface area contributed by atoms with Gasteiger partial charge in [-0.1, -0.05) is 0 Å². The maximum atomic E-state index is 12.6. The molecule has 128 valence electrons. The van der Waals surface area contributed by atoms with E-state index in [4.69, 9.17) is 4.74 Å². The summed E-state index contributed by atoms with van der Waals surface area (Å²) in [7, 11) is 0. The number of fused-ring (bicyclic) bond motifs is 1. The molecule has 5 nitrogen and oxygen atoms in total. The summed E-state index contributed by atoms with van der Waals surface area (Å²) in [5.41, 5.74) is 2.23. The Morgan fingerprint density at radius 3 is 3.08 bits per heavy atom. The second kappa shape index (κ2) is 6.92. The van der Waals surface area contributed by atoms with Crippen LogP contribution in [0.15, 0.2) is 22.2 Å². The maximum absolute atomic E-state index is 12.6. The first-order valence-electron chi connectivity index (χ1n) is 8.24. The molecule has 2 fully saturated rings. The van der Waals surface area contributed by atoms with Crippen LogP contribution in [0.4, 0.5) is 0 Å². The van der Waals surface area contributed by atoms with Gasteiger partial charge in [-0.05, 0) is 29.3 Å². The van der Waals surface area contributed by atoms with Crippen LogP contribution >= 0.6 is 22.7 Å². The number of nitrogens with zero attached hydrogens (tertiary/aromatic N) is 3. The molecule has 1 amide bonds. The Labute approximate surface area is 149 Å². The summed E-state index contributed by atoms with van der Waals surface area (Å²) in [6, 6.07) is 2.31. The highest BCUT2D eigenvalue weighted by Crippen LogP contribution is 2.25. The largest absolute Gasteiger partial charge is 0.373 e. The van der Waals surface area contributed by atoms with E-state index in [1.807, 2.05) is 28.7 Å². The van der Waals surface area contributed by atoms with Crippen LogP contribution in [-0.2, 0) is 22.5 Å². The lowest BCUT2D eigenvalue weighted by Crippen LogP contribution is -2.50. The normalized spacial score (nSPS) is 24.3. The average Bonchev–Trinajstić information content (AvgIpc) is 3.28. The van der Waals surface area contributed by atoms with Crippen molar-refractivity contribution in [2.45, 2.75) is 32.0 Å². The van der Waals surface area contributed by atoms with Crippen molar-refractivity contribution < 1.29 is 9.53 Å². The zero-order valence-electron chi connectivity index (χ0n) is 13.7. The molecule has 7 heteroatoms. The number of aromatic nitrogens is 1. The molecule has 0 aliphatic carbocycles. The van der Waals surface area contributed by atoms with Gasteiger partial charge in [0.05, 0.1) is 35.9 Å². The van der Waals surface area contributed by atoms with Gasteiger partial charge in [0.15, 0.2) is 0 Å². The molecule has 0 bridgehead atoms. The summed E-state index contributed by atoms with van der Waals surface area (Å²) in [6.45, 7) is 6.00. The molecular formula is C17H21N3O2S2. The highest BCUT2D eigenvalue weighted by atomic mass is 32.1. The van der Waals surface area contributed by atoms with E-state index in [9.17, 15) is 4.79 Å². The molecule has 0 unspecified atom stereocenters. The predicted molar refractivity (Wildman–Crippen MR) is 95.4 cm³/mol. The summed E-state index contributed by atoms with van der Waals surface area (Å²) in [5.74, 6) is 0.204. The van der Waals surface area contributed by atoms with Gasteiger partial charge in [-0.25, -0.2) is 4.98 Å². The molecule has 0 N–H and O–H groups in total. The van der Waals surface area contributed by atoms with Crippen LogP contribution in [0.3, 0.4) is 0 Å². The van der Waals surface area contributed by atoms with Gasteiger partial charge < -0.3 is 9.64 Å². The van der Waals surface area contributed by atoms with E-state index in [0.29, 0.717) is 13.0 Å². The molecule has 0 saturated carbocycles. The Morgan fingerprint density at radius 2 is 2.33 bits per heavy atom. The molecular weight excluding hydrogens is 342 g/mol. The SMILES string of the molecule is Cc1nc(CN2CCO[C@H]3CN(C(=O)Cc4ccsc4)C[C@H]32)cs1. The summed E-state index contributed by atoms with van der Waals surface area (Å²) in [6.07, 6.45) is 0.624. The number of likely N-dealkylation sites (tertiary alicyclic amines) is 1. The number of morpholine rings is 1. The topological polar surface area (TPSA) is 45.7 Å². The molecule has 0 spiro atoms. The fourth-order valence-electron chi connectivity index (χ4n) is 3.53. The van der Waals surface area contributed by atoms with E-state index in [2.05, 4.69) is 15.3 Å². The van der Waals surface area contributed by atoms with E-state index in [-0.39, 0.29) is 18.1 Å². The minimum Gasteiger partial charge on any atom is -0.373 e. The fourth-order valence-corrected chi connectivity index (χ4v) is 4.80. The zero-order valence-corrected chi connectivity index (χ0v) is 15.3. The Hall–Kier alpha value is -1.28. The number of thiazole rings is 1. The van der Waals surface area contributed by atoms with E-state index in [0.717, 1.165) is 42.5 Å². The second-order valence-electron chi connectivity index (χ2n) is 6.41. The molecule has 0 aromatic carbocycles. The first kappa shape index (κ1) is 16.2. The number of ether oxygens (including phenoxy) is 1. The predicted octanol–water partition coefficient (Wildman–Crippen LogP) is 2.17. The van der Waals surface area contributed by atoms with Crippen molar-refractivity contribution >= 4 is 28.6 Å². The van der Waals surface area contributed by atoms with Crippen LogP contribution in [0, 0.1) is 6.92 Å². The quantitative estimate of drug-likeness (QED) is 0.835. The van der Waals surface area contributed by atoms with Crippen molar-refractivity contribution in [2.24, 2.45) is 0 Å². The van der Waals surface area contributed by atoms with E-state index < -0.39 is 0 Å². The van der Waals surface area contributed by atoms with Crippen LogP contribution in [0.1, 0.15) is 16.3 Å². The first-order valence-corrected chi connectivity index (χ1v) is 10.1. The third kappa shape index (κ3) is 3.39. The second-order valence-corrected chi connectivity index (χ2v) is 8.25. The van der Waals surface area contributed by atoms with Crippen molar-refractivity contribution in [3.63, 3.8) is 0 Å². The van der Waals surface area contributed by atoms with E-state index >= 15 is 0 Å². The van der Waals surface area contributed by atoms with Gasteiger partial charge in [-0.3, -0.25) is 9.69 Å². The van der Waals surface area contributed by atoms with Crippen LogP contribution in [0.2, 0.25) is 0 Å². The smallest absolute Gasteiger partial charge is 0.227 e. The summed E-state index contributed by atoms with van der Waals surface area (Å²) in [4.78, 5) is 21.6. The van der Waals surface area contributed by atoms with Gasteiger partial charge in [0.25, 0.3) is 0 Å². The lowest BCUT2D eigenvalue weighted by molar-refractivity contribution is -0.129. The standard InChI is InChI=1S/C17H21N3O2S2/c1-12-18-14(11-24-12)7-19-3-4-22-16-9-20(8-15(16)19)17(21)6-13-2-5-23-10-13/h2,5,10-11,15-16H,3-4,6-9H2,1H3/t15-,16+/m1/s1. The molecule has 2 aromatic rings. The Balaban J connectivity index is 1.41. The number of rotatable bonds is 4. The molecule has 4 rings (SSSR count). The Morgan fingerprint density at radius 1 is 1.42 bits per heavy atom. The summed E-state index contributed by atoms with van der Waals surface area (Å²) in [5, 5.41) is 7.31. The van der Waals surface area contributed by atoms with Crippen LogP contribution in [0.5, 0.6) is 0 Å². The van der Waals surface area contributed by atoms with E-state index in [1.165, 1.54) is 0 Å². The van der Waals surface area contributed by atoms with Gasteiger partial charge in [-0.2, -0.15) is 11.3 Å². The molecule has 2 atom stereocenters. The summed E-state index contributed by atoms with van der Waals surface area (Å²) < 4.78 is 5.94. The van der Waals surface area contributed by atoms with Crippen molar-refractivity contribution in [1.82, 2.24) is 14.8 Å². The molecule has 2 aliphatic rings. The lowest BCUT2D eigenvalue weighted by Gasteiger charge is -2.36. The number of aryl methyl sites for hydroxylation is 1. The molecule has 4 heterocycles. The molecule has 0 radical (unpaired) electrons. The molecule has 2 aliphatic heterocycles. The highest BCUT2D eigenvalue weighted by molar-refractivity contribution is 7.09. The lowest BCUT2D eigenvalue weighted by atomic mass is 10.1. The number of carbonyl (C=O) groups excluding carboxylic acids is 1. The third-order valence-electron chi connectivity index (χ3n) is 4.74. The van der Waals surface area contributed by atoms with Gasteiger partial charge >= 0.3 is 0 Å². The Kier molecular flexibility index (Phi) is 4.67. The number of amides is 1. The minimum atomic E-state index is 0.130. The molecule has 2 aromatic heterocycles. The van der Waals surface area contributed by atoms with Crippen molar-refractivity contribution in [2.75, 3.05) is 26.2 Å². The van der Waals surface area contributed by atoms with Crippen LogP contribution in [0.25, 0.3) is 0 Å². The monoisotopic (exact) mass is 363 g/mol. The maximum Gasteiger partial charge on any atom is 0.227 e. The third-order valence-corrected chi connectivity index (χ3v) is 6.29. The van der Waals surface area contributed by atoms with Gasteiger partial charge in [-0.15, -0.1) is 11.3 Å². The van der Waals surface area contributed by atoms with Crippen LogP contribution in [-0.4, -0.2) is 59.1 Å². The van der Waals surface area contributed by atoms with Crippen molar-refractivity contribution in [3.05, 3.63) is 38.5 Å². The highest BCUT2D eigenvalue weighted by Gasteiger charge is 2.41. The van der Waals surface area contributed by atoms with Crippen molar-refractivity contribution in [1.29, 1.82) is 0 Å². The molecule has 24 heavy (non-hydrogen) atoms.